The number of urea groups is 1. The fraction of sp³-hybridized carbons (Fsp3) is 0.385. The second-order valence-corrected chi connectivity index (χ2v) is 10.4. The van der Waals surface area contributed by atoms with E-state index in [1.54, 1.807) is 29.3 Å². The fourth-order valence-corrected chi connectivity index (χ4v) is 4.62. The van der Waals surface area contributed by atoms with Crippen molar-refractivity contribution in [1.29, 1.82) is 0 Å². The third-order valence-corrected chi connectivity index (χ3v) is 6.99. The van der Waals surface area contributed by atoms with Gasteiger partial charge in [0.05, 0.1) is 5.54 Å². The van der Waals surface area contributed by atoms with Gasteiger partial charge in [-0.2, -0.15) is 4.99 Å². The van der Waals surface area contributed by atoms with Crippen LogP contribution in [-0.4, -0.2) is 81.3 Å². The lowest BCUT2D eigenvalue weighted by atomic mass is 9.88. The zero-order chi connectivity index (χ0) is 29.0. The maximum absolute atomic E-state index is 13.4. The number of likely N-dealkylation sites (tertiary alicyclic amines) is 1. The number of amides is 4. The molecule has 0 saturated carbocycles. The van der Waals surface area contributed by atoms with Crippen molar-refractivity contribution >= 4 is 47.0 Å². The van der Waals surface area contributed by atoms with E-state index in [0.29, 0.717) is 50.2 Å². The molecule has 0 radical (unpaired) electrons. The monoisotopic (exact) mass is 568 g/mol. The summed E-state index contributed by atoms with van der Waals surface area (Å²) < 4.78 is 0. The summed E-state index contributed by atoms with van der Waals surface area (Å²) in [5.74, 6) is -0.796. The van der Waals surface area contributed by atoms with Crippen molar-refractivity contribution in [1.82, 2.24) is 35.7 Å². The maximum atomic E-state index is 13.4. The number of hydrogen-bond donors (Lipinski definition) is 5. The van der Waals surface area contributed by atoms with Gasteiger partial charge in [-0.05, 0) is 44.4 Å². The quantitative estimate of drug-likeness (QED) is 0.359. The van der Waals surface area contributed by atoms with Crippen LogP contribution in [0.2, 0.25) is 5.15 Å². The Hall–Kier alpha value is -4.39. The molecule has 3 aliphatic heterocycles. The van der Waals surface area contributed by atoms with Gasteiger partial charge in [-0.15, -0.1) is 0 Å². The van der Waals surface area contributed by atoms with Crippen LogP contribution in [0.25, 0.3) is 0 Å². The number of carbonyl (C=O) groups is 3. The van der Waals surface area contributed by atoms with Gasteiger partial charge < -0.3 is 32.3 Å². The highest BCUT2D eigenvalue weighted by atomic mass is 35.5. The van der Waals surface area contributed by atoms with Crippen LogP contribution in [0.1, 0.15) is 37.2 Å². The molecule has 4 amide bonds. The SMILES string of the molecule is C=C1/C=C\N(C(=O)NC(C)C)C/C=C\C=C/1C(=O)N1CCC2(CC1)CN/C(=N\C(=O)c1nc(Cl)c(N)nc1N)N2. The second-order valence-electron chi connectivity index (χ2n) is 10.1. The summed E-state index contributed by atoms with van der Waals surface area (Å²) in [6.07, 6.45) is 9.88. The molecule has 0 aliphatic carbocycles. The number of piperidine rings is 1. The van der Waals surface area contributed by atoms with E-state index < -0.39 is 5.91 Å². The van der Waals surface area contributed by atoms with Gasteiger partial charge in [0.1, 0.15) is 0 Å². The lowest BCUT2D eigenvalue weighted by molar-refractivity contribution is -0.128. The molecule has 2 saturated heterocycles. The average molecular weight is 569 g/mol. The van der Waals surface area contributed by atoms with Gasteiger partial charge in [0.15, 0.2) is 28.4 Å². The van der Waals surface area contributed by atoms with Crippen LogP contribution in [0.3, 0.4) is 0 Å². The first-order chi connectivity index (χ1) is 19.0. The lowest BCUT2D eigenvalue weighted by Gasteiger charge is -2.39. The summed E-state index contributed by atoms with van der Waals surface area (Å²) in [6, 6.07) is -0.225. The average Bonchev–Trinajstić information content (AvgIpc) is 3.31. The van der Waals surface area contributed by atoms with Crippen molar-refractivity contribution in [2.24, 2.45) is 4.99 Å². The van der Waals surface area contributed by atoms with Crippen molar-refractivity contribution in [3.8, 4) is 0 Å². The Morgan fingerprint density at radius 2 is 1.93 bits per heavy atom. The van der Waals surface area contributed by atoms with Crippen LogP contribution in [-0.2, 0) is 4.79 Å². The summed E-state index contributed by atoms with van der Waals surface area (Å²) in [5.41, 5.74) is 11.7. The molecule has 2 fully saturated rings. The van der Waals surface area contributed by atoms with E-state index in [1.807, 2.05) is 19.9 Å². The Kier molecular flexibility index (Phi) is 8.43. The van der Waals surface area contributed by atoms with Crippen molar-refractivity contribution < 1.29 is 14.4 Å². The van der Waals surface area contributed by atoms with E-state index >= 15 is 0 Å². The lowest BCUT2D eigenvalue weighted by Crippen LogP contribution is -2.54. The number of nitrogens with two attached hydrogens (primary N) is 2. The standard InChI is InChI=1S/C26H33ClN10O3/c1-15(2)31-25(40)37-10-5-4-6-17(16(3)7-11-37)23(39)36-12-8-26(9-13-36)14-30-24(35-26)34-22(38)18-20(28)33-21(29)19(27)32-18/h4-7,11,15H,3,8-10,12-14H2,1-2H3,(H,31,40)(H4,28,29,33)(H2,30,34,35,38)/b5-4-,11-7-,17-6+. The van der Waals surface area contributed by atoms with Gasteiger partial charge in [-0.1, -0.05) is 30.3 Å². The first-order valence-electron chi connectivity index (χ1n) is 12.8. The fourth-order valence-electron chi connectivity index (χ4n) is 4.49. The van der Waals surface area contributed by atoms with Crippen LogP contribution in [0.5, 0.6) is 0 Å². The van der Waals surface area contributed by atoms with E-state index in [1.165, 1.54) is 4.90 Å². The van der Waals surface area contributed by atoms with Gasteiger partial charge in [-0.25, -0.2) is 14.8 Å². The van der Waals surface area contributed by atoms with Crippen LogP contribution < -0.4 is 27.4 Å². The molecule has 0 aromatic carbocycles. The van der Waals surface area contributed by atoms with E-state index in [0.717, 1.165) is 0 Å². The molecule has 1 aromatic rings. The number of guanidine groups is 1. The summed E-state index contributed by atoms with van der Waals surface area (Å²) >= 11 is 5.87. The number of aliphatic imine (C=N–C) groups is 1. The van der Waals surface area contributed by atoms with Gasteiger partial charge in [0, 0.05) is 44.0 Å². The zero-order valence-electron chi connectivity index (χ0n) is 22.4. The minimum absolute atomic E-state index is 0.00157. The second kappa shape index (κ2) is 11.8. The minimum Gasteiger partial charge on any atom is -0.382 e. The predicted molar refractivity (Wildman–Crippen MR) is 153 cm³/mol. The van der Waals surface area contributed by atoms with Crippen LogP contribution in [0, 0.1) is 0 Å². The molecule has 14 heteroatoms. The topological polar surface area (TPSA) is 184 Å². The van der Waals surface area contributed by atoms with Crippen molar-refractivity contribution in [3.05, 3.63) is 59.1 Å². The van der Waals surface area contributed by atoms with Gasteiger partial charge in [-0.3, -0.25) is 14.5 Å². The molecule has 1 spiro atoms. The Balaban J connectivity index is 1.37. The van der Waals surface area contributed by atoms with Gasteiger partial charge in [0.25, 0.3) is 5.91 Å². The molecule has 0 unspecified atom stereocenters. The van der Waals surface area contributed by atoms with Gasteiger partial charge >= 0.3 is 11.9 Å². The van der Waals surface area contributed by atoms with Crippen LogP contribution in [0.15, 0.2) is 53.2 Å². The van der Waals surface area contributed by atoms with Crippen LogP contribution in [0.4, 0.5) is 16.4 Å². The molecular formula is C26H33ClN10O3. The number of halogens is 1. The number of nitrogens with one attached hydrogen (secondary N) is 3. The third kappa shape index (κ3) is 6.42. The van der Waals surface area contributed by atoms with Crippen molar-refractivity contribution in [2.45, 2.75) is 38.3 Å². The van der Waals surface area contributed by atoms with E-state index in [2.05, 4.69) is 37.5 Å². The number of nitrogen functional groups attached to an aromatic ring is 2. The third-order valence-electron chi connectivity index (χ3n) is 6.71. The van der Waals surface area contributed by atoms with E-state index in [4.69, 9.17) is 23.1 Å². The minimum atomic E-state index is -0.710. The highest BCUT2D eigenvalue weighted by Crippen LogP contribution is 2.27. The molecular weight excluding hydrogens is 536 g/mol. The zero-order valence-corrected chi connectivity index (χ0v) is 23.2. The van der Waals surface area contributed by atoms with E-state index in [-0.39, 0.29) is 52.0 Å². The maximum Gasteiger partial charge on any atom is 0.321 e. The number of allylic oxidation sites excluding steroid dienone is 3. The normalized spacial score (nSPS) is 22.4. The Morgan fingerprint density at radius 3 is 2.62 bits per heavy atom. The molecule has 0 atom stereocenters. The molecule has 1 aromatic heterocycles. The Morgan fingerprint density at radius 1 is 1.20 bits per heavy atom. The molecule has 13 nitrogen and oxygen atoms in total. The Labute approximate surface area is 237 Å². The first-order valence-corrected chi connectivity index (χ1v) is 13.2. The number of rotatable bonds is 3. The number of aromatic nitrogens is 2. The van der Waals surface area contributed by atoms with Crippen molar-refractivity contribution in [3.63, 3.8) is 0 Å². The number of anilines is 2. The summed E-state index contributed by atoms with van der Waals surface area (Å²) in [5, 5.41) is 9.13. The highest BCUT2D eigenvalue weighted by Gasteiger charge is 2.41. The molecule has 4 heterocycles. The Bertz CT molecular complexity index is 1340. The summed E-state index contributed by atoms with van der Waals surface area (Å²) in [6.45, 7) is 9.71. The largest absolute Gasteiger partial charge is 0.382 e. The summed E-state index contributed by atoms with van der Waals surface area (Å²) in [7, 11) is 0. The molecule has 4 rings (SSSR count). The molecule has 212 valence electrons. The van der Waals surface area contributed by atoms with Crippen LogP contribution >= 0.6 is 11.6 Å². The molecule has 7 N–H and O–H groups in total. The smallest absolute Gasteiger partial charge is 0.321 e. The van der Waals surface area contributed by atoms with Crippen molar-refractivity contribution in [2.75, 3.05) is 37.6 Å². The predicted octanol–water partition coefficient (Wildman–Crippen LogP) is 1.33. The summed E-state index contributed by atoms with van der Waals surface area (Å²) in [4.78, 5) is 53.6. The molecule has 40 heavy (non-hydrogen) atoms. The number of carbonyl (C=O) groups excluding carboxylic acids is 3. The number of hydrogen-bond acceptors (Lipinski definition) is 7. The molecule has 3 aliphatic rings. The highest BCUT2D eigenvalue weighted by molar-refractivity contribution is 6.31. The molecule has 0 bridgehead atoms. The van der Waals surface area contributed by atoms with Gasteiger partial charge in [0.2, 0.25) is 0 Å². The number of nitrogens with zero attached hydrogens (tertiary/aromatic N) is 5. The first kappa shape index (κ1) is 28.6. The van der Waals surface area contributed by atoms with E-state index in [9.17, 15) is 14.4 Å².